The number of carbonyl (C=O) groups is 1. The largest absolute Gasteiger partial charge is 0.478 e. The van der Waals surface area contributed by atoms with Gasteiger partial charge in [-0.05, 0) is 24.3 Å². The van der Waals surface area contributed by atoms with Gasteiger partial charge in [0.1, 0.15) is 5.82 Å². The maximum absolute atomic E-state index is 11.0. The molecule has 0 saturated carbocycles. The summed E-state index contributed by atoms with van der Waals surface area (Å²) in [5, 5.41) is 12.0. The lowest BCUT2D eigenvalue weighted by Gasteiger charge is -2.08. The van der Waals surface area contributed by atoms with E-state index < -0.39 is 5.97 Å². The molecule has 1 heterocycles. The monoisotopic (exact) mass is 229 g/mol. The maximum atomic E-state index is 11.0. The van der Waals surface area contributed by atoms with E-state index in [-0.39, 0.29) is 5.56 Å². The third-order valence-electron chi connectivity index (χ3n) is 2.22. The molecule has 17 heavy (non-hydrogen) atoms. The molecule has 2 rings (SSSR count). The minimum absolute atomic E-state index is 0.212. The summed E-state index contributed by atoms with van der Waals surface area (Å²) in [5.74, 6) is -0.557. The summed E-state index contributed by atoms with van der Waals surface area (Å²) in [7, 11) is 0. The van der Waals surface area contributed by atoms with E-state index in [1.807, 2.05) is 0 Å². The van der Waals surface area contributed by atoms with E-state index in [2.05, 4.69) is 10.3 Å². The Kier molecular flexibility index (Phi) is 2.91. The highest BCUT2D eigenvalue weighted by Crippen LogP contribution is 2.20. The summed E-state index contributed by atoms with van der Waals surface area (Å²) >= 11 is 0. The highest BCUT2D eigenvalue weighted by atomic mass is 16.4. The molecule has 0 bridgehead atoms. The van der Waals surface area contributed by atoms with Crippen molar-refractivity contribution >= 4 is 23.2 Å². The molecule has 2 aromatic rings. The van der Waals surface area contributed by atoms with Gasteiger partial charge in [-0.3, -0.25) is 0 Å². The summed E-state index contributed by atoms with van der Waals surface area (Å²) in [5.41, 5.74) is 6.89. The number of carboxylic acid groups (broad SMARTS) is 1. The minimum atomic E-state index is -0.975. The predicted molar refractivity (Wildman–Crippen MR) is 65.3 cm³/mol. The van der Waals surface area contributed by atoms with Gasteiger partial charge in [0.05, 0.1) is 23.1 Å². The molecule has 0 aliphatic rings. The van der Waals surface area contributed by atoms with Gasteiger partial charge in [0.15, 0.2) is 0 Å². The molecule has 0 radical (unpaired) electrons. The van der Waals surface area contributed by atoms with E-state index in [1.54, 1.807) is 36.5 Å². The number of rotatable bonds is 3. The van der Waals surface area contributed by atoms with Gasteiger partial charge < -0.3 is 16.2 Å². The van der Waals surface area contributed by atoms with Crippen molar-refractivity contribution in [2.24, 2.45) is 0 Å². The van der Waals surface area contributed by atoms with Crippen LogP contribution >= 0.6 is 0 Å². The van der Waals surface area contributed by atoms with Gasteiger partial charge in [-0.15, -0.1) is 0 Å². The second kappa shape index (κ2) is 4.52. The number of pyridine rings is 1. The third kappa shape index (κ3) is 2.52. The van der Waals surface area contributed by atoms with Crippen LogP contribution in [0.1, 0.15) is 10.4 Å². The molecule has 1 aromatic carbocycles. The van der Waals surface area contributed by atoms with Crippen molar-refractivity contribution in [2.75, 3.05) is 11.1 Å². The summed E-state index contributed by atoms with van der Waals surface area (Å²) in [6.45, 7) is 0. The molecule has 0 aliphatic heterocycles. The third-order valence-corrected chi connectivity index (χ3v) is 2.22. The highest BCUT2D eigenvalue weighted by Gasteiger charge is 2.08. The number of nitrogen functional groups attached to an aromatic ring is 1. The van der Waals surface area contributed by atoms with Gasteiger partial charge in [-0.25, -0.2) is 9.78 Å². The zero-order chi connectivity index (χ0) is 12.3. The van der Waals surface area contributed by atoms with Crippen LogP contribution in [-0.2, 0) is 0 Å². The molecule has 4 N–H and O–H groups in total. The number of benzene rings is 1. The van der Waals surface area contributed by atoms with E-state index >= 15 is 0 Å². The number of nitrogens with one attached hydrogen (secondary N) is 1. The first-order chi connectivity index (χ1) is 8.16. The van der Waals surface area contributed by atoms with Gasteiger partial charge in [-0.2, -0.15) is 0 Å². The first kappa shape index (κ1) is 10.9. The molecule has 5 heteroatoms. The molecule has 86 valence electrons. The number of aromatic carboxylic acids is 1. The molecular formula is C12H11N3O2. The summed E-state index contributed by atoms with van der Waals surface area (Å²) in [4.78, 5) is 14.9. The Morgan fingerprint density at radius 2 is 2.00 bits per heavy atom. The van der Waals surface area contributed by atoms with Gasteiger partial charge in [0, 0.05) is 0 Å². The lowest BCUT2D eigenvalue weighted by Crippen LogP contribution is -2.02. The Morgan fingerprint density at radius 1 is 1.24 bits per heavy atom. The number of nitrogens with zero attached hydrogens (tertiary/aromatic N) is 1. The quantitative estimate of drug-likeness (QED) is 0.750. The van der Waals surface area contributed by atoms with Crippen molar-refractivity contribution in [3.63, 3.8) is 0 Å². The van der Waals surface area contributed by atoms with Crippen LogP contribution in [0.3, 0.4) is 0 Å². The van der Waals surface area contributed by atoms with Crippen LogP contribution in [0.5, 0.6) is 0 Å². The summed E-state index contributed by atoms with van der Waals surface area (Å²) in [6.07, 6.45) is 1.55. The molecule has 1 aromatic heterocycles. The lowest BCUT2D eigenvalue weighted by molar-refractivity contribution is 0.0698. The first-order valence-corrected chi connectivity index (χ1v) is 4.97. The van der Waals surface area contributed by atoms with Crippen LogP contribution in [0.15, 0.2) is 42.6 Å². The number of anilines is 3. The average Bonchev–Trinajstić information content (AvgIpc) is 2.32. The van der Waals surface area contributed by atoms with E-state index in [0.29, 0.717) is 17.2 Å². The van der Waals surface area contributed by atoms with Crippen LogP contribution in [-0.4, -0.2) is 16.1 Å². The predicted octanol–water partition coefficient (Wildman–Crippen LogP) is 2.11. The fraction of sp³-hybridized carbons (Fsp3) is 0. The summed E-state index contributed by atoms with van der Waals surface area (Å²) in [6, 6.07) is 10.1. The summed E-state index contributed by atoms with van der Waals surface area (Å²) < 4.78 is 0. The topological polar surface area (TPSA) is 88.2 Å². The molecule has 0 atom stereocenters. The Morgan fingerprint density at radius 3 is 2.65 bits per heavy atom. The first-order valence-electron chi connectivity index (χ1n) is 4.97. The SMILES string of the molecule is Nc1ccc(Nc2ccccc2C(=O)O)cn1. The van der Waals surface area contributed by atoms with Crippen LogP contribution in [0.4, 0.5) is 17.2 Å². The van der Waals surface area contributed by atoms with E-state index in [9.17, 15) is 4.79 Å². The van der Waals surface area contributed by atoms with Crippen LogP contribution in [0.25, 0.3) is 0 Å². The van der Waals surface area contributed by atoms with E-state index in [0.717, 1.165) is 0 Å². The fourth-order valence-electron chi connectivity index (χ4n) is 1.41. The van der Waals surface area contributed by atoms with Gasteiger partial charge in [0.2, 0.25) is 0 Å². The second-order valence-electron chi connectivity index (χ2n) is 3.45. The van der Waals surface area contributed by atoms with Crippen LogP contribution in [0, 0.1) is 0 Å². The number of carboxylic acids is 1. The van der Waals surface area contributed by atoms with Gasteiger partial charge in [0.25, 0.3) is 0 Å². The Bertz CT molecular complexity index is 538. The maximum Gasteiger partial charge on any atom is 0.337 e. The molecule has 0 spiro atoms. The highest BCUT2D eigenvalue weighted by molar-refractivity contribution is 5.95. The Hall–Kier alpha value is -2.56. The molecule has 0 saturated heterocycles. The molecule has 0 fully saturated rings. The zero-order valence-corrected chi connectivity index (χ0v) is 8.92. The zero-order valence-electron chi connectivity index (χ0n) is 8.92. The van der Waals surface area contributed by atoms with Crippen LogP contribution < -0.4 is 11.1 Å². The Labute approximate surface area is 97.9 Å². The normalized spacial score (nSPS) is 9.88. The molecule has 0 aliphatic carbocycles. The van der Waals surface area contributed by atoms with Crippen molar-refractivity contribution in [3.05, 3.63) is 48.2 Å². The van der Waals surface area contributed by atoms with E-state index in [1.165, 1.54) is 6.07 Å². The van der Waals surface area contributed by atoms with Crippen LogP contribution in [0.2, 0.25) is 0 Å². The number of aromatic nitrogens is 1. The Balaban J connectivity index is 2.30. The van der Waals surface area contributed by atoms with E-state index in [4.69, 9.17) is 10.8 Å². The number of para-hydroxylation sites is 1. The van der Waals surface area contributed by atoms with Gasteiger partial charge >= 0.3 is 5.97 Å². The minimum Gasteiger partial charge on any atom is -0.478 e. The molecule has 5 nitrogen and oxygen atoms in total. The number of nitrogens with two attached hydrogens (primary N) is 1. The number of hydrogen-bond donors (Lipinski definition) is 3. The van der Waals surface area contributed by atoms with Gasteiger partial charge in [-0.1, -0.05) is 12.1 Å². The van der Waals surface area contributed by atoms with Crippen molar-refractivity contribution in [3.8, 4) is 0 Å². The standard InChI is InChI=1S/C12H11N3O2/c13-11-6-5-8(7-14-11)15-10-4-2-1-3-9(10)12(16)17/h1-7,15H,(H2,13,14)(H,16,17). The smallest absolute Gasteiger partial charge is 0.337 e. The van der Waals surface area contributed by atoms with Crippen molar-refractivity contribution in [2.45, 2.75) is 0 Å². The van der Waals surface area contributed by atoms with Crippen molar-refractivity contribution in [1.29, 1.82) is 0 Å². The van der Waals surface area contributed by atoms with Crippen molar-refractivity contribution < 1.29 is 9.90 Å². The fourth-order valence-corrected chi connectivity index (χ4v) is 1.41. The lowest BCUT2D eigenvalue weighted by atomic mass is 10.2. The second-order valence-corrected chi connectivity index (χ2v) is 3.45. The number of hydrogen-bond acceptors (Lipinski definition) is 4. The van der Waals surface area contributed by atoms with Crippen molar-refractivity contribution in [1.82, 2.24) is 4.98 Å². The molecule has 0 unspecified atom stereocenters. The molecule has 0 amide bonds. The molecular weight excluding hydrogens is 218 g/mol. The average molecular weight is 229 g/mol.